The maximum Gasteiger partial charge on any atom is 0.317 e. The van der Waals surface area contributed by atoms with Gasteiger partial charge in [-0.15, -0.1) is 0 Å². The first-order valence-corrected chi connectivity index (χ1v) is 8.65. The third-order valence-corrected chi connectivity index (χ3v) is 5.18. The molecule has 24 heavy (non-hydrogen) atoms. The van der Waals surface area contributed by atoms with Crippen LogP contribution in [0.4, 0.5) is 10.1 Å². The minimum absolute atomic E-state index is 0.0646. The van der Waals surface area contributed by atoms with Crippen molar-refractivity contribution in [2.45, 2.75) is 18.9 Å². The fraction of sp³-hybridized carbons (Fsp3) is 0.412. The number of piperidine rings is 1. The van der Waals surface area contributed by atoms with Crippen LogP contribution in [0, 0.1) is 5.82 Å². The van der Waals surface area contributed by atoms with Gasteiger partial charge in [0, 0.05) is 42.5 Å². The van der Waals surface area contributed by atoms with Gasteiger partial charge in [0.25, 0.3) is 0 Å². The van der Waals surface area contributed by atoms with Crippen LogP contribution in [0.3, 0.4) is 0 Å². The highest BCUT2D eigenvalue weighted by atomic mass is 79.9. The molecule has 1 aromatic heterocycles. The molecule has 0 atom stereocenters. The van der Waals surface area contributed by atoms with Crippen molar-refractivity contribution in [2.75, 3.05) is 31.6 Å². The number of aromatic nitrogens is 1. The zero-order valence-electron chi connectivity index (χ0n) is 13.4. The van der Waals surface area contributed by atoms with Crippen LogP contribution >= 0.6 is 15.9 Å². The molecule has 7 heteroatoms. The van der Waals surface area contributed by atoms with E-state index < -0.39 is 5.97 Å². The van der Waals surface area contributed by atoms with Crippen LogP contribution in [0.1, 0.15) is 12.8 Å². The van der Waals surface area contributed by atoms with E-state index >= 15 is 0 Å². The summed E-state index contributed by atoms with van der Waals surface area (Å²) in [6.07, 6.45) is 3.50. The van der Waals surface area contributed by atoms with Crippen molar-refractivity contribution >= 4 is 38.5 Å². The zero-order valence-corrected chi connectivity index (χ0v) is 15.0. The average molecular weight is 396 g/mol. The molecular formula is C17H19BrFN3O2. The van der Waals surface area contributed by atoms with Crippen LogP contribution in [0.5, 0.6) is 0 Å². The molecule has 5 nitrogen and oxygen atoms in total. The first kappa shape index (κ1) is 17.1. The number of fused-ring (bicyclic) bond motifs is 1. The Morgan fingerprint density at radius 1 is 1.46 bits per heavy atom. The predicted octanol–water partition coefficient (Wildman–Crippen LogP) is 3.12. The number of carbonyl (C=O) groups is 1. The topological polar surface area (TPSA) is 56.7 Å². The predicted molar refractivity (Wildman–Crippen MR) is 94.9 cm³/mol. The van der Waals surface area contributed by atoms with Crippen molar-refractivity contribution in [1.29, 1.82) is 0 Å². The minimum atomic E-state index is -0.799. The van der Waals surface area contributed by atoms with Crippen LogP contribution in [0.15, 0.2) is 28.9 Å². The summed E-state index contributed by atoms with van der Waals surface area (Å²) in [5, 5.41) is 9.84. The van der Waals surface area contributed by atoms with Crippen molar-refractivity contribution in [3.05, 3.63) is 34.7 Å². The number of carboxylic acids is 1. The number of nitrogens with zero attached hydrogens (tertiary/aromatic N) is 3. The van der Waals surface area contributed by atoms with Gasteiger partial charge in [0.05, 0.1) is 16.5 Å². The van der Waals surface area contributed by atoms with Crippen LogP contribution in [-0.4, -0.2) is 53.7 Å². The monoisotopic (exact) mass is 395 g/mol. The first-order chi connectivity index (χ1) is 11.5. The van der Waals surface area contributed by atoms with Crippen molar-refractivity contribution in [3.63, 3.8) is 0 Å². The lowest BCUT2D eigenvalue weighted by Gasteiger charge is -2.37. The SMILES string of the molecule is CN(CC(=O)O)C1CCN(c2ccnc3cc(F)c(Br)cc23)CC1. The molecule has 0 aliphatic carbocycles. The number of likely N-dealkylation sites (N-methyl/N-ethyl adjacent to an activating group) is 1. The molecule has 0 spiro atoms. The van der Waals surface area contributed by atoms with Crippen molar-refractivity contribution in [2.24, 2.45) is 0 Å². The minimum Gasteiger partial charge on any atom is -0.480 e. The van der Waals surface area contributed by atoms with Crippen molar-refractivity contribution in [3.8, 4) is 0 Å². The molecule has 1 N–H and O–H groups in total. The number of hydrogen-bond donors (Lipinski definition) is 1. The second kappa shape index (κ2) is 7.03. The highest BCUT2D eigenvalue weighted by Gasteiger charge is 2.24. The van der Waals surface area contributed by atoms with Gasteiger partial charge in [-0.1, -0.05) is 0 Å². The Morgan fingerprint density at radius 2 is 2.17 bits per heavy atom. The first-order valence-electron chi connectivity index (χ1n) is 7.86. The molecule has 0 bridgehead atoms. The second-order valence-electron chi connectivity index (χ2n) is 6.14. The Hall–Kier alpha value is -1.73. The average Bonchev–Trinajstić information content (AvgIpc) is 2.55. The van der Waals surface area contributed by atoms with Gasteiger partial charge in [-0.3, -0.25) is 14.7 Å². The number of halogens is 2. The molecule has 2 aromatic rings. The molecule has 0 amide bonds. The van der Waals surface area contributed by atoms with E-state index in [0.29, 0.717) is 9.99 Å². The summed E-state index contributed by atoms with van der Waals surface area (Å²) in [7, 11) is 1.86. The molecule has 1 aliphatic rings. The summed E-state index contributed by atoms with van der Waals surface area (Å²) in [6, 6.07) is 5.44. The van der Waals surface area contributed by atoms with E-state index in [1.807, 2.05) is 18.0 Å². The number of aliphatic carboxylic acids is 1. The van der Waals surface area contributed by atoms with Gasteiger partial charge in [0.2, 0.25) is 0 Å². The smallest absolute Gasteiger partial charge is 0.317 e. The van der Waals surface area contributed by atoms with Gasteiger partial charge in [-0.2, -0.15) is 0 Å². The van der Waals surface area contributed by atoms with E-state index in [2.05, 4.69) is 25.8 Å². The van der Waals surface area contributed by atoms with E-state index in [9.17, 15) is 9.18 Å². The lowest BCUT2D eigenvalue weighted by Crippen LogP contribution is -2.45. The molecule has 0 saturated carbocycles. The third-order valence-electron chi connectivity index (χ3n) is 4.57. The van der Waals surface area contributed by atoms with Crippen LogP contribution in [-0.2, 0) is 4.79 Å². The number of pyridine rings is 1. The van der Waals surface area contributed by atoms with E-state index in [0.717, 1.165) is 37.0 Å². The Kier molecular flexibility index (Phi) is 5.01. The zero-order chi connectivity index (χ0) is 17.3. The summed E-state index contributed by atoms with van der Waals surface area (Å²) in [4.78, 5) is 19.3. The Morgan fingerprint density at radius 3 is 2.83 bits per heavy atom. The molecule has 1 aliphatic heterocycles. The Labute approximate surface area is 148 Å². The highest BCUT2D eigenvalue weighted by molar-refractivity contribution is 9.10. The molecule has 128 valence electrons. The van der Waals surface area contributed by atoms with Crippen LogP contribution < -0.4 is 4.90 Å². The lowest BCUT2D eigenvalue weighted by atomic mass is 10.0. The van der Waals surface area contributed by atoms with E-state index in [-0.39, 0.29) is 18.4 Å². The molecule has 1 saturated heterocycles. The van der Waals surface area contributed by atoms with Crippen LogP contribution in [0.2, 0.25) is 0 Å². The molecule has 0 unspecified atom stereocenters. The summed E-state index contributed by atoms with van der Waals surface area (Å²) < 4.78 is 14.1. The number of benzene rings is 1. The van der Waals surface area contributed by atoms with E-state index in [4.69, 9.17) is 5.11 Å². The number of anilines is 1. The van der Waals surface area contributed by atoms with Gasteiger partial charge in [0.1, 0.15) is 5.82 Å². The number of carboxylic acid groups (broad SMARTS) is 1. The largest absolute Gasteiger partial charge is 0.480 e. The summed E-state index contributed by atoms with van der Waals surface area (Å²) in [5.41, 5.74) is 1.68. The molecular weight excluding hydrogens is 377 g/mol. The summed E-state index contributed by atoms with van der Waals surface area (Å²) in [5.74, 6) is -1.12. The normalized spacial score (nSPS) is 16.1. The van der Waals surface area contributed by atoms with Crippen molar-refractivity contribution < 1.29 is 14.3 Å². The molecule has 3 rings (SSSR count). The number of hydrogen-bond acceptors (Lipinski definition) is 4. The highest BCUT2D eigenvalue weighted by Crippen LogP contribution is 2.31. The van der Waals surface area contributed by atoms with Gasteiger partial charge >= 0.3 is 5.97 Å². The summed E-state index contributed by atoms with van der Waals surface area (Å²) >= 11 is 3.24. The second-order valence-corrected chi connectivity index (χ2v) is 6.99. The summed E-state index contributed by atoms with van der Waals surface area (Å²) in [6.45, 7) is 1.74. The Bertz CT molecular complexity index is 763. The van der Waals surface area contributed by atoms with E-state index in [1.54, 1.807) is 12.3 Å². The van der Waals surface area contributed by atoms with Gasteiger partial charge in [-0.25, -0.2) is 4.39 Å². The molecule has 0 radical (unpaired) electrons. The standard InChI is InChI=1S/C17H19BrFN3O2/c1-21(10-17(23)24)11-3-6-22(7-4-11)16-2-5-20-15-9-14(19)13(18)8-12(15)16/h2,5,8-9,11H,3-4,6-7,10H2,1H3,(H,23,24). The van der Waals surface area contributed by atoms with E-state index in [1.165, 1.54) is 6.07 Å². The molecule has 2 heterocycles. The fourth-order valence-corrected chi connectivity index (χ4v) is 3.64. The Balaban J connectivity index is 1.78. The van der Waals surface area contributed by atoms with Gasteiger partial charge < -0.3 is 10.0 Å². The fourth-order valence-electron chi connectivity index (χ4n) is 3.29. The van der Waals surface area contributed by atoms with Gasteiger partial charge in [-0.05, 0) is 48.0 Å². The molecule has 1 aromatic carbocycles. The maximum atomic E-state index is 13.7. The van der Waals surface area contributed by atoms with Gasteiger partial charge in [0.15, 0.2) is 0 Å². The quantitative estimate of drug-likeness (QED) is 0.861. The third kappa shape index (κ3) is 3.52. The number of rotatable bonds is 4. The maximum absolute atomic E-state index is 13.7. The van der Waals surface area contributed by atoms with Crippen LogP contribution in [0.25, 0.3) is 10.9 Å². The lowest BCUT2D eigenvalue weighted by molar-refractivity contribution is -0.138. The van der Waals surface area contributed by atoms with Crippen molar-refractivity contribution in [1.82, 2.24) is 9.88 Å². The molecule has 1 fully saturated rings.